The summed E-state index contributed by atoms with van der Waals surface area (Å²) in [4.78, 5) is 8.78. The van der Waals surface area contributed by atoms with Crippen LogP contribution < -0.4 is 20.1 Å². The standard InChI is InChI=1S/C23H30N4O2/c1-2-25-22(26-14-15-28-18-8-7-13-24-17-18)27-20-16-23(11-5-6-12-23)29-21-10-4-3-9-19(20)21/h3-4,7-10,13,17,20H,2,5-6,11-12,14-16H2,1H3,(H2,25,26,27). The van der Waals surface area contributed by atoms with Crippen LogP contribution in [0.5, 0.6) is 11.5 Å². The number of hydrogen-bond donors (Lipinski definition) is 2. The summed E-state index contributed by atoms with van der Waals surface area (Å²) in [6.07, 6.45) is 9.18. The number of nitrogens with one attached hydrogen (secondary N) is 2. The Morgan fingerprint density at radius 1 is 1.24 bits per heavy atom. The first-order valence-electron chi connectivity index (χ1n) is 10.6. The van der Waals surface area contributed by atoms with Crippen molar-refractivity contribution in [1.29, 1.82) is 0 Å². The molecule has 154 valence electrons. The lowest BCUT2D eigenvalue weighted by molar-refractivity contribution is 0.0396. The van der Waals surface area contributed by atoms with Crippen LogP contribution in [0.1, 0.15) is 50.6 Å². The summed E-state index contributed by atoms with van der Waals surface area (Å²) in [7, 11) is 0. The third kappa shape index (κ3) is 4.81. The molecule has 1 aliphatic carbocycles. The number of para-hydroxylation sites is 1. The molecule has 2 aliphatic rings. The molecule has 0 amide bonds. The number of fused-ring (bicyclic) bond motifs is 1. The Morgan fingerprint density at radius 3 is 2.90 bits per heavy atom. The van der Waals surface area contributed by atoms with Gasteiger partial charge in [0.25, 0.3) is 0 Å². The van der Waals surface area contributed by atoms with E-state index in [-0.39, 0.29) is 11.6 Å². The van der Waals surface area contributed by atoms with Gasteiger partial charge in [-0.15, -0.1) is 0 Å². The maximum absolute atomic E-state index is 6.47. The summed E-state index contributed by atoms with van der Waals surface area (Å²) < 4.78 is 12.2. The normalized spacial score (nSPS) is 20.0. The molecule has 2 aromatic rings. The van der Waals surface area contributed by atoms with E-state index in [4.69, 9.17) is 14.5 Å². The van der Waals surface area contributed by atoms with E-state index in [0.717, 1.165) is 43.3 Å². The average molecular weight is 395 g/mol. The van der Waals surface area contributed by atoms with Gasteiger partial charge in [-0.2, -0.15) is 0 Å². The summed E-state index contributed by atoms with van der Waals surface area (Å²) in [5.74, 6) is 2.59. The van der Waals surface area contributed by atoms with Gasteiger partial charge in [0.15, 0.2) is 5.96 Å². The molecule has 1 aromatic heterocycles. The van der Waals surface area contributed by atoms with Crippen molar-refractivity contribution in [1.82, 2.24) is 15.6 Å². The zero-order valence-electron chi connectivity index (χ0n) is 17.1. The van der Waals surface area contributed by atoms with E-state index < -0.39 is 0 Å². The minimum absolute atomic E-state index is 0.0350. The summed E-state index contributed by atoms with van der Waals surface area (Å²) in [5, 5.41) is 7.02. The van der Waals surface area contributed by atoms with E-state index in [2.05, 4.69) is 46.8 Å². The molecule has 1 saturated carbocycles. The monoisotopic (exact) mass is 394 g/mol. The first-order valence-corrected chi connectivity index (χ1v) is 10.6. The van der Waals surface area contributed by atoms with Crippen molar-refractivity contribution in [2.75, 3.05) is 19.7 Å². The van der Waals surface area contributed by atoms with E-state index in [1.165, 1.54) is 18.4 Å². The fourth-order valence-corrected chi connectivity index (χ4v) is 4.31. The lowest BCUT2D eigenvalue weighted by atomic mass is 9.86. The molecule has 1 aromatic carbocycles. The number of nitrogens with zero attached hydrogens (tertiary/aromatic N) is 2. The van der Waals surface area contributed by atoms with Crippen molar-refractivity contribution in [3.8, 4) is 11.5 Å². The van der Waals surface area contributed by atoms with Gasteiger partial charge in [0.2, 0.25) is 0 Å². The Balaban J connectivity index is 1.43. The number of aromatic nitrogens is 1. The maximum Gasteiger partial charge on any atom is 0.191 e. The van der Waals surface area contributed by atoms with Crippen molar-refractivity contribution in [3.63, 3.8) is 0 Å². The summed E-state index contributed by atoms with van der Waals surface area (Å²) in [6, 6.07) is 12.3. The third-order valence-electron chi connectivity index (χ3n) is 5.63. The number of benzene rings is 1. The summed E-state index contributed by atoms with van der Waals surface area (Å²) in [5.41, 5.74) is 1.18. The molecule has 6 nitrogen and oxygen atoms in total. The highest BCUT2D eigenvalue weighted by Gasteiger charge is 2.43. The molecule has 1 aliphatic heterocycles. The second-order valence-corrected chi connectivity index (χ2v) is 7.73. The van der Waals surface area contributed by atoms with Gasteiger partial charge in [-0.25, -0.2) is 4.99 Å². The van der Waals surface area contributed by atoms with Crippen molar-refractivity contribution >= 4 is 5.96 Å². The Morgan fingerprint density at radius 2 is 2.10 bits per heavy atom. The molecule has 0 radical (unpaired) electrons. The Kier molecular flexibility index (Phi) is 6.17. The molecule has 1 atom stereocenters. The smallest absolute Gasteiger partial charge is 0.191 e. The number of pyridine rings is 1. The fourth-order valence-electron chi connectivity index (χ4n) is 4.31. The van der Waals surface area contributed by atoms with Crippen molar-refractivity contribution in [2.45, 2.75) is 50.7 Å². The Hall–Kier alpha value is -2.76. The van der Waals surface area contributed by atoms with E-state index in [0.29, 0.717) is 13.2 Å². The molecule has 1 spiro atoms. The lowest BCUT2D eigenvalue weighted by Crippen LogP contribution is -2.46. The zero-order chi connectivity index (χ0) is 19.9. The van der Waals surface area contributed by atoms with Crippen LogP contribution in [-0.2, 0) is 0 Å². The molecule has 2 N–H and O–H groups in total. The van der Waals surface area contributed by atoms with Crippen LogP contribution in [0, 0.1) is 0 Å². The first kappa shape index (κ1) is 19.6. The van der Waals surface area contributed by atoms with Gasteiger partial charge in [0.05, 0.1) is 18.8 Å². The van der Waals surface area contributed by atoms with Crippen LogP contribution in [0.4, 0.5) is 0 Å². The van der Waals surface area contributed by atoms with Crippen LogP contribution in [0.25, 0.3) is 0 Å². The van der Waals surface area contributed by atoms with Crippen LogP contribution in [0.3, 0.4) is 0 Å². The van der Waals surface area contributed by atoms with E-state index in [1.807, 2.05) is 12.1 Å². The summed E-state index contributed by atoms with van der Waals surface area (Å²) >= 11 is 0. The molecule has 0 saturated heterocycles. The zero-order valence-corrected chi connectivity index (χ0v) is 17.1. The van der Waals surface area contributed by atoms with Gasteiger partial charge in [-0.3, -0.25) is 4.98 Å². The summed E-state index contributed by atoms with van der Waals surface area (Å²) in [6.45, 7) is 3.97. The third-order valence-corrected chi connectivity index (χ3v) is 5.63. The number of ether oxygens (including phenoxy) is 2. The first-order chi connectivity index (χ1) is 14.3. The Bertz CT molecular complexity index is 819. The molecular formula is C23H30N4O2. The highest BCUT2D eigenvalue weighted by Crippen LogP contribution is 2.46. The van der Waals surface area contributed by atoms with Crippen LogP contribution in [0.15, 0.2) is 53.8 Å². The Labute approximate surface area is 172 Å². The van der Waals surface area contributed by atoms with Crippen LogP contribution in [-0.4, -0.2) is 36.2 Å². The molecular weight excluding hydrogens is 364 g/mol. The van der Waals surface area contributed by atoms with Crippen molar-refractivity contribution in [3.05, 3.63) is 54.4 Å². The number of hydrogen-bond acceptors (Lipinski definition) is 4. The van der Waals surface area contributed by atoms with E-state index >= 15 is 0 Å². The quantitative estimate of drug-likeness (QED) is 0.442. The fraction of sp³-hybridized carbons (Fsp3) is 0.478. The predicted octanol–water partition coefficient (Wildman–Crippen LogP) is 3.85. The van der Waals surface area contributed by atoms with Crippen molar-refractivity contribution in [2.24, 2.45) is 4.99 Å². The molecule has 2 heterocycles. The van der Waals surface area contributed by atoms with Gasteiger partial charge in [0.1, 0.15) is 23.7 Å². The van der Waals surface area contributed by atoms with Crippen LogP contribution >= 0.6 is 0 Å². The second kappa shape index (κ2) is 9.16. The molecule has 1 unspecified atom stereocenters. The van der Waals surface area contributed by atoms with E-state index in [1.54, 1.807) is 12.4 Å². The second-order valence-electron chi connectivity index (χ2n) is 7.73. The van der Waals surface area contributed by atoms with E-state index in [9.17, 15) is 0 Å². The largest absolute Gasteiger partial charge is 0.490 e. The lowest BCUT2D eigenvalue weighted by Gasteiger charge is -2.40. The molecule has 0 bridgehead atoms. The number of aliphatic imine (C=N–C) groups is 1. The van der Waals surface area contributed by atoms with Crippen molar-refractivity contribution < 1.29 is 9.47 Å². The molecule has 1 fully saturated rings. The maximum atomic E-state index is 6.47. The minimum atomic E-state index is -0.0350. The average Bonchev–Trinajstić information content (AvgIpc) is 3.19. The number of guanidine groups is 1. The minimum Gasteiger partial charge on any atom is -0.490 e. The van der Waals surface area contributed by atoms with Gasteiger partial charge in [-0.1, -0.05) is 18.2 Å². The topological polar surface area (TPSA) is 67.8 Å². The molecule has 29 heavy (non-hydrogen) atoms. The molecule has 6 heteroatoms. The SMILES string of the molecule is CCNC(=NCCOc1cccnc1)NC1CC2(CCCC2)Oc2ccccc21. The highest BCUT2D eigenvalue weighted by molar-refractivity contribution is 5.80. The van der Waals surface area contributed by atoms with Gasteiger partial charge < -0.3 is 20.1 Å². The van der Waals surface area contributed by atoms with Crippen LogP contribution in [0.2, 0.25) is 0 Å². The predicted molar refractivity (Wildman–Crippen MR) is 114 cm³/mol. The number of rotatable bonds is 6. The van der Waals surface area contributed by atoms with Gasteiger partial charge in [0, 0.05) is 24.7 Å². The highest BCUT2D eigenvalue weighted by atomic mass is 16.5. The van der Waals surface area contributed by atoms with Gasteiger partial charge >= 0.3 is 0 Å². The molecule has 4 rings (SSSR count). The van der Waals surface area contributed by atoms with Gasteiger partial charge in [-0.05, 0) is 50.8 Å².